The number of esters is 1. The van der Waals surface area contributed by atoms with Crippen LogP contribution < -0.4 is 25.2 Å². The average molecular weight is 1070 g/mol. The van der Waals surface area contributed by atoms with Gasteiger partial charge in [0.25, 0.3) is 11.8 Å². The molecule has 4 heterocycles. The maximum Gasteiger partial charge on any atom is 0.430 e. The van der Waals surface area contributed by atoms with Crippen LogP contribution in [0.4, 0.5) is 27.1 Å². The van der Waals surface area contributed by atoms with Crippen molar-refractivity contribution in [3.63, 3.8) is 0 Å². The number of fused-ring (bicyclic) bond motifs is 1. The number of benzene rings is 5. The first-order valence-electron chi connectivity index (χ1n) is 22.7. The number of hydrogen-bond acceptors (Lipinski definition) is 13. The van der Waals surface area contributed by atoms with Crippen LogP contribution in [0.1, 0.15) is 39.6 Å². The summed E-state index contributed by atoms with van der Waals surface area (Å²) in [4.78, 5) is 62.5. The van der Waals surface area contributed by atoms with Gasteiger partial charge in [0, 0.05) is 11.1 Å². The number of carbonyl (C=O) groups is 4. The Hall–Kier alpha value is -8.37. The number of rotatable bonds is 17. The minimum atomic E-state index is -5.19. The van der Waals surface area contributed by atoms with Crippen LogP contribution in [0.5, 0.6) is 5.75 Å². The van der Waals surface area contributed by atoms with Gasteiger partial charge in [0.05, 0.1) is 7.11 Å². The third-order valence-electron chi connectivity index (χ3n) is 11.9. The number of carboxylic acids is 1. The van der Waals surface area contributed by atoms with E-state index in [2.05, 4.69) is 20.6 Å². The summed E-state index contributed by atoms with van der Waals surface area (Å²) in [6.07, 6.45) is -2.45. The molecule has 2 N–H and O–H groups in total. The van der Waals surface area contributed by atoms with Gasteiger partial charge in [-0.05, 0) is 33.4 Å². The Balaban J connectivity index is 0.000000997. The van der Waals surface area contributed by atoms with E-state index in [1.54, 1.807) is 24.2 Å². The lowest BCUT2D eigenvalue weighted by atomic mass is 9.77. The molecule has 2 aliphatic heterocycles. The highest BCUT2D eigenvalue weighted by Crippen LogP contribution is 2.43. The quantitative estimate of drug-likeness (QED) is 0.0181. The molecule has 2 atom stereocenters. The molecule has 22 heteroatoms. The second-order valence-electron chi connectivity index (χ2n) is 16.6. The van der Waals surface area contributed by atoms with Crippen LogP contribution in [0.3, 0.4) is 0 Å². The summed E-state index contributed by atoms with van der Waals surface area (Å²) in [5, 5.41) is 19.7. The molecule has 5 aromatic carbocycles. The lowest BCUT2D eigenvalue weighted by molar-refractivity contribution is -0.752. The first-order valence-corrected chi connectivity index (χ1v) is 24.6. The summed E-state index contributed by atoms with van der Waals surface area (Å²) in [5.41, 5.74) is 3.10. The van der Waals surface area contributed by atoms with Crippen LogP contribution in [-0.4, -0.2) is 81.1 Å². The Morgan fingerprint density at radius 3 is 1.81 bits per heavy atom. The van der Waals surface area contributed by atoms with Crippen molar-refractivity contribution in [3.8, 4) is 5.75 Å². The highest BCUT2D eigenvalue weighted by Gasteiger charge is 2.55. The van der Waals surface area contributed by atoms with Gasteiger partial charge in [0.15, 0.2) is 24.0 Å². The summed E-state index contributed by atoms with van der Waals surface area (Å²) in [6.45, 7) is -3.16. The van der Waals surface area contributed by atoms with Gasteiger partial charge in [-0.1, -0.05) is 157 Å². The van der Waals surface area contributed by atoms with Crippen molar-refractivity contribution < 1.29 is 65.2 Å². The molecule has 7 aromatic rings. The Bertz CT molecular complexity index is 3050. The predicted octanol–water partition coefficient (Wildman–Crippen LogP) is 7.11. The standard InChI is InChI=1S/C51H43F2N7O6S2.C2HF3O2/c1-58-29-39(64-2)30-59(58)28-35-31-67-47-42(46(62)60(47)43(35)48(63)65-44(33-18-8-3-9-19-33)34-20-10-4-11-21-34)55-45(61)41(57-66-49(52)53)40-32-68-50(54-40)56-51(36-22-12-5-13-23-36,37-24-14-6-15-25-37)38-26-16-7-17-27-38;3-2(4,5)1(6)7/h3-27,29-30,32,42,44,47,49H,28,31H2,1-2H3,(H-,54,55,56,61);(H,6,7)/t42-,47-;/m1./s1. The maximum atomic E-state index is 14.7. The molecule has 2 aromatic heterocycles. The van der Waals surface area contributed by atoms with Crippen molar-refractivity contribution in [2.75, 3.05) is 18.2 Å². The van der Waals surface area contributed by atoms with E-state index in [4.69, 9.17) is 24.4 Å². The van der Waals surface area contributed by atoms with Gasteiger partial charge >= 0.3 is 18.8 Å². The zero-order chi connectivity index (χ0) is 53.3. The number of aromatic nitrogens is 3. The van der Waals surface area contributed by atoms with Crippen LogP contribution in [0, 0.1) is 0 Å². The van der Waals surface area contributed by atoms with Crippen LogP contribution in [0.2, 0.25) is 0 Å². The molecule has 0 spiro atoms. The van der Waals surface area contributed by atoms with Gasteiger partial charge in [0.2, 0.25) is 11.9 Å². The number of thiazole rings is 1. The number of nitrogens with one attached hydrogen (secondary N) is 2. The maximum absolute atomic E-state index is 14.7. The zero-order valence-electron chi connectivity index (χ0n) is 39.6. The molecular weight excluding hydrogens is 1020 g/mol. The molecule has 2 amide bonds. The lowest BCUT2D eigenvalue weighted by Gasteiger charge is -2.49. The Kier molecular flexibility index (Phi) is 16.4. The molecule has 1 fully saturated rings. The van der Waals surface area contributed by atoms with Crippen LogP contribution >= 0.6 is 23.1 Å². The molecule has 0 bridgehead atoms. The predicted molar refractivity (Wildman–Crippen MR) is 265 cm³/mol. The van der Waals surface area contributed by atoms with Crippen molar-refractivity contribution in [1.82, 2.24) is 19.9 Å². The molecule has 75 heavy (non-hydrogen) atoms. The number of amides is 2. The monoisotopic (exact) mass is 1070 g/mol. The molecule has 0 aliphatic carbocycles. The van der Waals surface area contributed by atoms with Gasteiger partial charge in [-0.3, -0.25) is 14.5 Å². The largest absolute Gasteiger partial charge is 0.542 e. The second kappa shape index (κ2) is 23.2. The topological polar surface area (TPSA) is 180 Å². The van der Waals surface area contributed by atoms with E-state index in [0.717, 1.165) is 39.2 Å². The molecule has 2 aliphatic rings. The van der Waals surface area contributed by atoms with E-state index in [-0.39, 0.29) is 23.7 Å². The molecule has 9 rings (SSSR count). The number of nitrogens with zero attached hydrogens (tertiary/aromatic N) is 5. The molecule has 386 valence electrons. The van der Waals surface area contributed by atoms with Crippen LogP contribution in [0.25, 0.3) is 0 Å². The number of aliphatic carboxylic acids is 1. The summed E-state index contributed by atoms with van der Waals surface area (Å²) >= 11 is 2.46. The minimum absolute atomic E-state index is 0.0395. The number of anilines is 1. The van der Waals surface area contributed by atoms with Crippen molar-refractivity contribution in [2.24, 2.45) is 12.2 Å². The van der Waals surface area contributed by atoms with Gasteiger partial charge in [-0.25, -0.2) is 9.78 Å². The number of thioether (sulfide) groups is 1. The number of carbonyl (C=O) groups excluding carboxylic acids is 4. The average Bonchev–Trinajstić information content (AvgIpc) is 4.04. The van der Waals surface area contributed by atoms with E-state index in [1.807, 2.05) is 163 Å². The normalized spacial score (nSPS) is 15.6. The van der Waals surface area contributed by atoms with Crippen LogP contribution in [-0.2, 0) is 47.9 Å². The molecule has 0 unspecified atom stereocenters. The number of β-lactam (4-membered cyclic amide) rings is 1. The van der Waals surface area contributed by atoms with Crippen molar-refractivity contribution >= 4 is 57.7 Å². The lowest BCUT2D eigenvalue weighted by Crippen LogP contribution is -2.71. The number of hydrogen-bond donors (Lipinski definition) is 2. The fraction of sp³-hybridized carbons (Fsp3) is 0.189. The number of ether oxygens (including phenoxy) is 2. The fourth-order valence-electron chi connectivity index (χ4n) is 8.42. The SMILES string of the molecule is COc1cn(CC2=C(C(=O)OC(c3ccccc3)c3ccccc3)N3C(=O)[C@@H](NC(=O)C(=NOC(F)F)c4csc(NC(c5ccccc5)(c5ccccc5)c5ccccc5)n4)[C@H]3SC2)[n+](C)c1.O=C([O-])C(F)(F)F. The summed E-state index contributed by atoms with van der Waals surface area (Å²) < 4.78 is 74.2. The van der Waals surface area contributed by atoms with E-state index in [9.17, 15) is 36.3 Å². The summed E-state index contributed by atoms with van der Waals surface area (Å²) in [5.74, 6) is -4.48. The van der Waals surface area contributed by atoms with E-state index in [0.29, 0.717) is 16.5 Å². The van der Waals surface area contributed by atoms with Crippen molar-refractivity contribution in [1.29, 1.82) is 0 Å². The molecule has 0 saturated carbocycles. The fourth-order valence-corrected chi connectivity index (χ4v) is 10.5. The molecule has 1 saturated heterocycles. The van der Waals surface area contributed by atoms with E-state index >= 15 is 0 Å². The Labute approximate surface area is 433 Å². The smallest absolute Gasteiger partial charge is 0.430 e. The van der Waals surface area contributed by atoms with Gasteiger partial charge in [-0.15, -0.1) is 27.8 Å². The van der Waals surface area contributed by atoms with Gasteiger partial charge in [-0.2, -0.15) is 26.6 Å². The highest BCUT2D eigenvalue weighted by molar-refractivity contribution is 8.00. The highest BCUT2D eigenvalue weighted by atomic mass is 32.2. The van der Waals surface area contributed by atoms with Gasteiger partial charge in [0.1, 0.15) is 47.1 Å². The van der Waals surface area contributed by atoms with Crippen molar-refractivity contribution in [3.05, 3.63) is 214 Å². The zero-order valence-corrected chi connectivity index (χ0v) is 41.2. The number of alkyl halides is 5. The second-order valence-corrected chi connectivity index (χ2v) is 18.5. The van der Waals surface area contributed by atoms with Gasteiger partial charge < -0.3 is 34.8 Å². The first kappa shape index (κ1) is 52.9. The van der Waals surface area contributed by atoms with Crippen molar-refractivity contribution in [2.45, 2.75) is 42.4 Å². The third kappa shape index (κ3) is 11.9. The summed E-state index contributed by atoms with van der Waals surface area (Å²) in [7, 11) is 3.38. The molecule has 15 nitrogen and oxygen atoms in total. The van der Waals surface area contributed by atoms with E-state index < -0.39 is 65.3 Å². The van der Waals surface area contributed by atoms with Crippen LogP contribution in [0.15, 0.2) is 186 Å². The molecular formula is C53H44F5N7O8S2. The molecule has 0 radical (unpaired) electrons. The first-order chi connectivity index (χ1) is 36.1. The number of halogens is 5. The number of carboxylic acid groups (broad SMARTS) is 1. The number of oxime groups is 1. The van der Waals surface area contributed by atoms with E-state index in [1.165, 1.54) is 22.0 Å². The Morgan fingerprint density at radius 2 is 1.35 bits per heavy atom. The number of aryl methyl sites for hydroxylation is 1. The third-order valence-corrected chi connectivity index (χ3v) is 14.0. The summed E-state index contributed by atoms with van der Waals surface area (Å²) in [6, 6.07) is 46.7. The number of methoxy groups -OCH3 is 1. The minimum Gasteiger partial charge on any atom is -0.542 e. The Morgan fingerprint density at radius 1 is 0.840 bits per heavy atom.